The van der Waals surface area contributed by atoms with Gasteiger partial charge in [-0.1, -0.05) is 24.2 Å². The maximum absolute atomic E-state index is 13.3. The van der Waals surface area contributed by atoms with Gasteiger partial charge in [-0.15, -0.1) is 0 Å². The number of aromatic nitrogens is 3. The second-order valence-corrected chi connectivity index (χ2v) is 8.16. The zero-order valence-corrected chi connectivity index (χ0v) is 19.1. The zero-order valence-electron chi connectivity index (χ0n) is 19.1. The average Bonchev–Trinajstić information content (AvgIpc) is 3.07. The molecule has 0 N–H and O–H groups in total. The third kappa shape index (κ3) is 4.98. The van der Waals surface area contributed by atoms with Crippen molar-refractivity contribution in [2.75, 3.05) is 44.8 Å². The van der Waals surface area contributed by atoms with E-state index >= 15 is 0 Å². The number of benzene rings is 1. The molecule has 1 saturated heterocycles. The molecule has 11 heteroatoms. The fraction of sp³-hybridized carbons (Fsp3) is 0.478. The lowest BCUT2D eigenvalue weighted by atomic mass is 10.1. The molecular weight excluding hydrogens is 451 g/mol. The summed E-state index contributed by atoms with van der Waals surface area (Å²) in [7, 11) is 1.48. The Morgan fingerprint density at radius 2 is 2.00 bits per heavy atom. The van der Waals surface area contributed by atoms with Gasteiger partial charge in [0.05, 0.1) is 5.56 Å². The third-order valence-electron chi connectivity index (χ3n) is 5.72. The molecule has 1 aromatic carbocycles. The molecule has 0 unspecified atom stereocenters. The number of rotatable bonds is 6. The number of fused-ring (bicyclic) bond motifs is 1. The highest BCUT2D eigenvalue weighted by molar-refractivity contribution is 5.98. The number of methoxy groups -OCH3 is 1. The van der Waals surface area contributed by atoms with Crippen molar-refractivity contribution in [1.82, 2.24) is 20.0 Å². The van der Waals surface area contributed by atoms with Crippen LogP contribution in [-0.2, 0) is 22.1 Å². The number of carbonyl (C=O) groups is 1. The molecule has 182 valence electrons. The number of amides is 1. The molecule has 3 aromatic rings. The first-order chi connectivity index (χ1) is 16.3. The van der Waals surface area contributed by atoms with E-state index in [1.807, 2.05) is 11.8 Å². The van der Waals surface area contributed by atoms with Gasteiger partial charge in [0, 0.05) is 45.3 Å². The number of carbonyl (C=O) groups excluding carboxylic acids is 1. The van der Waals surface area contributed by atoms with Crippen molar-refractivity contribution in [2.45, 2.75) is 32.4 Å². The molecular formula is C23H26F3N5O3. The van der Waals surface area contributed by atoms with Gasteiger partial charge in [0.25, 0.3) is 5.71 Å². The number of halogens is 3. The number of hydrogen-bond acceptors (Lipinski definition) is 7. The van der Waals surface area contributed by atoms with E-state index in [-0.39, 0.29) is 29.5 Å². The van der Waals surface area contributed by atoms with Crippen molar-refractivity contribution in [3.8, 4) is 11.3 Å². The maximum Gasteiger partial charge on any atom is 0.416 e. The van der Waals surface area contributed by atoms with Gasteiger partial charge in [-0.2, -0.15) is 18.2 Å². The number of aryl methyl sites for hydroxylation is 1. The summed E-state index contributed by atoms with van der Waals surface area (Å²) in [6.45, 7) is 4.19. The van der Waals surface area contributed by atoms with E-state index in [9.17, 15) is 18.0 Å². The minimum absolute atomic E-state index is 0.0176. The highest BCUT2D eigenvalue weighted by atomic mass is 19.4. The first kappa shape index (κ1) is 23.9. The molecule has 1 aliphatic rings. The normalized spacial score (nSPS) is 15.1. The van der Waals surface area contributed by atoms with Crippen molar-refractivity contribution in [3.63, 3.8) is 0 Å². The van der Waals surface area contributed by atoms with Gasteiger partial charge in [0.1, 0.15) is 29.3 Å². The van der Waals surface area contributed by atoms with E-state index in [4.69, 9.17) is 14.2 Å². The second kappa shape index (κ2) is 9.96. The van der Waals surface area contributed by atoms with Crippen LogP contribution in [0.3, 0.4) is 0 Å². The Balaban J connectivity index is 1.77. The van der Waals surface area contributed by atoms with Crippen molar-refractivity contribution in [2.24, 2.45) is 0 Å². The van der Waals surface area contributed by atoms with Crippen LogP contribution >= 0.6 is 0 Å². The van der Waals surface area contributed by atoms with Crippen LogP contribution in [-0.4, -0.2) is 65.8 Å². The van der Waals surface area contributed by atoms with Gasteiger partial charge in [-0.05, 0) is 25.0 Å². The third-order valence-corrected chi connectivity index (χ3v) is 5.72. The molecule has 1 aliphatic heterocycles. The van der Waals surface area contributed by atoms with E-state index in [1.54, 1.807) is 11.0 Å². The molecule has 3 heterocycles. The van der Waals surface area contributed by atoms with Gasteiger partial charge in [-0.3, -0.25) is 4.79 Å². The monoisotopic (exact) mass is 477 g/mol. The number of anilines is 1. The molecule has 0 radical (unpaired) electrons. The Bertz CT molecular complexity index is 1160. The number of alkyl halides is 3. The lowest BCUT2D eigenvalue weighted by Gasteiger charge is -2.23. The summed E-state index contributed by atoms with van der Waals surface area (Å²) in [5.41, 5.74) is -0.00480. The van der Waals surface area contributed by atoms with Crippen molar-refractivity contribution in [1.29, 1.82) is 0 Å². The van der Waals surface area contributed by atoms with Crippen molar-refractivity contribution >= 4 is 22.8 Å². The van der Waals surface area contributed by atoms with Crippen LogP contribution in [0, 0.1) is 0 Å². The fourth-order valence-corrected chi connectivity index (χ4v) is 4.08. The van der Waals surface area contributed by atoms with Gasteiger partial charge >= 0.3 is 6.18 Å². The molecule has 0 saturated carbocycles. The molecule has 1 amide bonds. The predicted molar refractivity (Wildman–Crippen MR) is 119 cm³/mol. The average molecular weight is 477 g/mol. The molecule has 34 heavy (non-hydrogen) atoms. The molecule has 4 rings (SSSR count). The summed E-state index contributed by atoms with van der Waals surface area (Å²) in [6, 6.07) is 4.97. The highest BCUT2D eigenvalue weighted by Crippen LogP contribution is 2.37. The van der Waals surface area contributed by atoms with E-state index < -0.39 is 11.7 Å². The van der Waals surface area contributed by atoms with E-state index in [0.29, 0.717) is 56.0 Å². The van der Waals surface area contributed by atoms with Crippen LogP contribution in [0.5, 0.6) is 0 Å². The first-order valence-corrected chi connectivity index (χ1v) is 11.2. The maximum atomic E-state index is 13.3. The quantitative estimate of drug-likeness (QED) is 0.532. The minimum atomic E-state index is -4.48. The summed E-state index contributed by atoms with van der Waals surface area (Å²) in [5.74, 6) is 1.05. The molecule has 0 aliphatic carbocycles. The summed E-state index contributed by atoms with van der Waals surface area (Å²) in [4.78, 5) is 25.3. The van der Waals surface area contributed by atoms with Crippen LogP contribution < -0.4 is 4.90 Å². The Morgan fingerprint density at radius 3 is 2.74 bits per heavy atom. The zero-order chi connectivity index (χ0) is 24.3. The molecule has 0 atom stereocenters. The predicted octanol–water partition coefficient (Wildman–Crippen LogP) is 3.94. The molecule has 0 spiro atoms. The Kier molecular flexibility index (Phi) is 7.01. The number of ether oxygens (including phenoxy) is 1. The SMILES string of the molecule is CCCc1nc(N2CCCN(C(=O)COC)CC2)c2c(-c3cccc(C(F)(F)F)c3)noc2n1. The standard InChI is InChI=1S/C23H26F3N5O3/c1-3-6-17-27-21(31-10-5-9-30(11-12-31)18(32)14-33-2)19-20(29-34-22(19)28-17)15-7-4-8-16(13-15)23(24,25)26/h4,7-8,13H,3,5-6,9-12,14H2,1-2H3. The van der Waals surface area contributed by atoms with E-state index in [0.717, 1.165) is 18.6 Å². The number of nitrogens with zero attached hydrogens (tertiary/aromatic N) is 5. The van der Waals surface area contributed by atoms with Crippen LogP contribution in [0.15, 0.2) is 28.8 Å². The van der Waals surface area contributed by atoms with Gasteiger partial charge in [0.15, 0.2) is 0 Å². The lowest BCUT2D eigenvalue weighted by Crippen LogP contribution is -2.37. The number of hydrogen-bond donors (Lipinski definition) is 0. The topological polar surface area (TPSA) is 84.6 Å². The second-order valence-electron chi connectivity index (χ2n) is 8.16. The summed E-state index contributed by atoms with van der Waals surface area (Å²) >= 11 is 0. The van der Waals surface area contributed by atoms with Crippen LogP contribution in [0.25, 0.3) is 22.4 Å². The largest absolute Gasteiger partial charge is 0.416 e. The first-order valence-electron chi connectivity index (χ1n) is 11.2. The summed E-state index contributed by atoms with van der Waals surface area (Å²) in [6.07, 6.45) is -2.34. The molecule has 1 fully saturated rings. The molecule has 8 nitrogen and oxygen atoms in total. The Labute approximate surface area is 194 Å². The molecule has 2 aromatic heterocycles. The van der Waals surface area contributed by atoms with Gasteiger partial charge < -0.3 is 19.1 Å². The smallest absolute Gasteiger partial charge is 0.375 e. The van der Waals surface area contributed by atoms with Crippen LogP contribution in [0.1, 0.15) is 31.2 Å². The Hall–Kier alpha value is -3.21. The fourth-order valence-electron chi connectivity index (χ4n) is 4.08. The summed E-state index contributed by atoms with van der Waals surface area (Å²) in [5, 5.41) is 4.55. The van der Waals surface area contributed by atoms with Crippen molar-refractivity contribution < 1.29 is 27.2 Å². The van der Waals surface area contributed by atoms with Crippen LogP contribution in [0.4, 0.5) is 19.0 Å². The van der Waals surface area contributed by atoms with E-state index in [1.165, 1.54) is 13.2 Å². The molecule has 0 bridgehead atoms. The summed E-state index contributed by atoms with van der Waals surface area (Å²) < 4.78 is 50.4. The highest BCUT2D eigenvalue weighted by Gasteiger charge is 2.31. The van der Waals surface area contributed by atoms with Crippen LogP contribution in [0.2, 0.25) is 0 Å². The Morgan fingerprint density at radius 1 is 1.18 bits per heavy atom. The van der Waals surface area contributed by atoms with Gasteiger partial charge in [-0.25, -0.2) is 4.98 Å². The van der Waals surface area contributed by atoms with Gasteiger partial charge in [0.2, 0.25) is 5.91 Å². The van der Waals surface area contributed by atoms with Crippen molar-refractivity contribution in [3.05, 3.63) is 35.7 Å². The van der Waals surface area contributed by atoms with E-state index in [2.05, 4.69) is 10.1 Å². The minimum Gasteiger partial charge on any atom is -0.375 e. The lowest BCUT2D eigenvalue weighted by molar-refractivity contribution is -0.137.